The molecule has 1 heterocycles. The van der Waals surface area contributed by atoms with E-state index in [4.69, 9.17) is 5.26 Å². The zero-order valence-corrected chi connectivity index (χ0v) is 10.0. The molecule has 1 saturated heterocycles. The first kappa shape index (κ1) is 11.2. The monoisotopic (exact) mass is 218 g/mol. The Bertz CT molecular complexity index is 381. The first-order valence-electron chi connectivity index (χ1n) is 5.95. The summed E-state index contributed by atoms with van der Waals surface area (Å²) in [5.41, 5.74) is 1.43. The van der Waals surface area contributed by atoms with Crippen molar-refractivity contribution in [2.24, 2.45) is 5.41 Å². The highest BCUT2D eigenvalue weighted by atomic mass is 16.1. The second-order valence-corrected chi connectivity index (χ2v) is 5.57. The third-order valence-corrected chi connectivity index (χ3v) is 3.45. The highest BCUT2D eigenvalue weighted by Gasteiger charge is 2.35. The summed E-state index contributed by atoms with van der Waals surface area (Å²) in [6, 6.07) is 2.11. The van der Waals surface area contributed by atoms with Crippen LogP contribution in [0.15, 0.2) is 11.3 Å². The van der Waals surface area contributed by atoms with Crippen LogP contribution in [0.4, 0.5) is 0 Å². The molecule has 0 N–H and O–H groups in total. The molecule has 2 rings (SSSR count). The van der Waals surface area contributed by atoms with Crippen LogP contribution in [0.3, 0.4) is 0 Å². The Labute approximate surface area is 96.7 Å². The van der Waals surface area contributed by atoms with Crippen molar-refractivity contribution < 1.29 is 4.79 Å². The van der Waals surface area contributed by atoms with E-state index in [1.54, 1.807) is 0 Å². The predicted octanol–water partition coefficient (Wildman–Crippen LogP) is 2.25. The van der Waals surface area contributed by atoms with Gasteiger partial charge in [0.15, 0.2) is 5.78 Å². The van der Waals surface area contributed by atoms with Gasteiger partial charge in [-0.2, -0.15) is 5.26 Å². The summed E-state index contributed by atoms with van der Waals surface area (Å²) in [7, 11) is 0. The van der Waals surface area contributed by atoms with E-state index >= 15 is 0 Å². The average molecular weight is 218 g/mol. The second-order valence-electron chi connectivity index (χ2n) is 5.57. The maximum atomic E-state index is 11.9. The van der Waals surface area contributed by atoms with Gasteiger partial charge in [-0.3, -0.25) is 4.79 Å². The van der Waals surface area contributed by atoms with Gasteiger partial charge in [0.25, 0.3) is 0 Å². The highest BCUT2D eigenvalue weighted by Crippen LogP contribution is 2.38. The van der Waals surface area contributed by atoms with Gasteiger partial charge in [0.05, 0.1) is 0 Å². The lowest BCUT2D eigenvalue weighted by atomic mass is 9.76. The van der Waals surface area contributed by atoms with Gasteiger partial charge < -0.3 is 4.90 Å². The zero-order chi connectivity index (χ0) is 11.8. The minimum absolute atomic E-state index is 0.00928. The molecule has 0 radical (unpaired) electrons. The van der Waals surface area contributed by atoms with Crippen molar-refractivity contribution in [3.8, 4) is 6.07 Å². The number of hydrogen-bond donors (Lipinski definition) is 0. The number of nitrogens with zero attached hydrogens (tertiary/aromatic N) is 2. The maximum Gasteiger partial charge on any atom is 0.175 e. The summed E-state index contributed by atoms with van der Waals surface area (Å²) in [5.74, 6) is 0.0284. The van der Waals surface area contributed by atoms with Crippen molar-refractivity contribution in [2.75, 3.05) is 13.1 Å². The van der Waals surface area contributed by atoms with E-state index in [0.717, 1.165) is 25.2 Å². The van der Waals surface area contributed by atoms with Crippen molar-refractivity contribution in [1.29, 1.82) is 5.26 Å². The Hall–Kier alpha value is -1.30. The first-order chi connectivity index (χ1) is 7.53. The Balaban J connectivity index is 2.36. The van der Waals surface area contributed by atoms with Crippen molar-refractivity contribution in [3.05, 3.63) is 11.3 Å². The van der Waals surface area contributed by atoms with Crippen LogP contribution >= 0.6 is 0 Å². The van der Waals surface area contributed by atoms with Crippen LogP contribution in [0.2, 0.25) is 0 Å². The van der Waals surface area contributed by atoms with Crippen LogP contribution in [0.1, 0.15) is 39.5 Å². The molecule has 0 spiro atoms. The summed E-state index contributed by atoms with van der Waals surface area (Å²) in [4.78, 5) is 14.1. The van der Waals surface area contributed by atoms with Gasteiger partial charge in [-0.15, -0.1) is 0 Å². The van der Waals surface area contributed by atoms with E-state index in [2.05, 4.69) is 24.8 Å². The number of likely N-dealkylation sites (tertiary alicyclic amines) is 1. The zero-order valence-electron chi connectivity index (χ0n) is 10.0. The van der Waals surface area contributed by atoms with Crippen LogP contribution in [0, 0.1) is 16.7 Å². The molecule has 0 unspecified atom stereocenters. The molecular weight excluding hydrogens is 200 g/mol. The van der Waals surface area contributed by atoms with E-state index in [1.807, 2.05) is 0 Å². The average Bonchev–Trinajstić information content (AvgIpc) is 2.67. The van der Waals surface area contributed by atoms with E-state index < -0.39 is 0 Å². The smallest absolute Gasteiger partial charge is 0.175 e. The van der Waals surface area contributed by atoms with Crippen molar-refractivity contribution in [3.63, 3.8) is 0 Å². The van der Waals surface area contributed by atoms with Crippen molar-refractivity contribution >= 4 is 5.78 Å². The molecule has 0 aromatic heterocycles. The fraction of sp³-hybridized carbons (Fsp3) is 0.692. The molecule has 0 saturated carbocycles. The number of nitriles is 1. The van der Waals surface area contributed by atoms with Crippen LogP contribution < -0.4 is 0 Å². The molecule has 1 fully saturated rings. The number of carbonyl (C=O) groups excluding carboxylic acids is 1. The standard InChI is InChI=1S/C13H18N2O/c1-13(2)7-11(15-5-3-4-6-15)10(9-14)12(16)8-13/h3-8H2,1-2H3. The van der Waals surface area contributed by atoms with Crippen LogP contribution in [-0.4, -0.2) is 23.8 Å². The number of hydrogen-bond acceptors (Lipinski definition) is 3. The Kier molecular flexibility index (Phi) is 2.75. The molecule has 86 valence electrons. The van der Waals surface area contributed by atoms with E-state index in [9.17, 15) is 4.79 Å². The van der Waals surface area contributed by atoms with Crippen molar-refractivity contribution in [1.82, 2.24) is 4.90 Å². The molecule has 3 heteroatoms. The summed E-state index contributed by atoms with van der Waals surface area (Å²) in [6.07, 6.45) is 3.72. The third kappa shape index (κ3) is 1.97. The third-order valence-electron chi connectivity index (χ3n) is 3.45. The molecule has 0 bridgehead atoms. The lowest BCUT2D eigenvalue weighted by Gasteiger charge is -2.34. The van der Waals surface area contributed by atoms with Gasteiger partial charge in [-0.05, 0) is 24.7 Å². The molecule has 1 aliphatic heterocycles. The molecule has 16 heavy (non-hydrogen) atoms. The molecule has 0 atom stereocenters. The second kappa shape index (κ2) is 3.93. The number of ketones is 1. The molecule has 1 aliphatic carbocycles. The number of carbonyl (C=O) groups is 1. The van der Waals surface area contributed by atoms with E-state index in [-0.39, 0.29) is 11.2 Å². The van der Waals surface area contributed by atoms with E-state index in [1.165, 1.54) is 12.8 Å². The predicted molar refractivity (Wildman–Crippen MR) is 61.5 cm³/mol. The quantitative estimate of drug-likeness (QED) is 0.678. The van der Waals surface area contributed by atoms with Gasteiger partial charge in [0, 0.05) is 25.2 Å². The molecule has 0 aromatic rings. The number of Topliss-reactive ketones (excluding diaryl/α,β-unsaturated/α-hetero) is 1. The van der Waals surface area contributed by atoms with Crippen molar-refractivity contribution in [2.45, 2.75) is 39.5 Å². The molecule has 2 aliphatic rings. The normalized spacial score (nSPS) is 24.8. The number of allylic oxidation sites excluding steroid dienone is 2. The minimum atomic E-state index is 0.00928. The molecular formula is C13H18N2O. The number of rotatable bonds is 1. The highest BCUT2D eigenvalue weighted by molar-refractivity contribution is 6.01. The molecule has 0 amide bonds. The van der Waals surface area contributed by atoms with Gasteiger partial charge in [-0.1, -0.05) is 13.8 Å². The van der Waals surface area contributed by atoms with Crippen LogP contribution in [-0.2, 0) is 4.79 Å². The van der Waals surface area contributed by atoms with Gasteiger partial charge in [0.2, 0.25) is 0 Å². The van der Waals surface area contributed by atoms with Gasteiger partial charge >= 0.3 is 0 Å². The lowest BCUT2D eigenvalue weighted by Crippen LogP contribution is -2.32. The lowest BCUT2D eigenvalue weighted by molar-refractivity contribution is -0.117. The first-order valence-corrected chi connectivity index (χ1v) is 5.95. The Morgan fingerprint density at radius 2 is 1.88 bits per heavy atom. The van der Waals surface area contributed by atoms with Crippen LogP contribution in [0.25, 0.3) is 0 Å². The summed E-state index contributed by atoms with van der Waals surface area (Å²) < 4.78 is 0. The summed E-state index contributed by atoms with van der Waals surface area (Å²) >= 11 is 0. The molecule has 0 aromatic carbocycles. The summed E-state index contributed by atoms with van der Waals surface area (Å²) in [6.45, 7) is 6.22. The maximum absolute atomic E-state index is 11.9. The van der Waals surface area contributed by atoms with Gasteiger partial charge in [-0.25, -0.2) is 0 Å². The Morgan fingerprint density at radius 3 is 2.44 bits per heavy atom. The largest absolute Gasteiger partial charge is 0.374 e. The Morgan fingerprint density at radius 1 is 1.25 bits per heavy atom. The van der Waals surface area contributed by atoms with Crippen LogP contribution in [0.5, 0.6) is 0 Å². The molecule has 3 nitrogen and oxygen atoms in total. The fourth-order valence-electron chi connectivity index (χ4n) is 2.67. The van der Waals surface area contributed by atoms with E-state index in [0.29, 0.717) is 12.0 Å². The SMILES string of the molecule is CC1(C)CC(=O)C(C#N)=C(N2CCCC2)C1. The topological polar surface area (TPSA) is 44.1 Å². The summed E-state index contributed by atoms with van der Waals surface area (Å²) in [5, 5.41) is 9.11. The van der Waals surface area contributed by atoms with Gasteiger partial charge in [0.1, 0.15) is 11.6 Å². The minimum Gasteiger partial charge on any atom is -0.374 e. The fourth-order valence-corrected chi connectivity index (χ4v) is 2.67.